The number of anilines is 1. The van der Waals surface area contributed by atoms with Crippen LogP contribution in [0.15, 0.2) is 42.5 Å². The van der Waals surface area contributed by atoms with E-state index in [9.17, 15) is 19.2 Å². The molecular formula is C26H28N2O7. The predicted octanol–water partition coefficient (Wildman–Crippen LogP) is 3.23. The molecule has 2 amide bonds. The summed E-state index contributed by atoms with van der Waals surface area (Å²) in [6.07, 6.45) is 3.11. The van der Waals surface area contributed by atoms with E-state index in [4.69, 9.17) is 14.2 Å². The van der Waals surface area contributed by atoms with Crippen molar-refractivity contribution in [3.63, 3.8) is 0 Å². The summed E-state index contributed by atoms with van der Waals surface area (Å²) in [5.74, 6) is -0.503. The summed E-state index contributed by atoms with van der Waals surface area (Å²) in [6.45, 7) is 3.51. The van der Waals surface area contributed by atoms with Gasteiger partial charge < -0.3 is 24.4 Å². The van der Waals surface area contributed by atoms with Crippen molar-refractivity contribution < 1.29 is 33.4 Å². The Hall–Kier alpha value is -3.88. The molecule has 0 bridgehead atoms. The van der Waals surface area contributed by atoms with E-state index in [-0.39, 0.29) is 48.2 Å². The Morgan fingerprint density at radius 1 is 1.00 bits per heavy atom. The van der Waals surface area contributed by atoms with Crippen molar-refractivity contribution >= 4 is 29.3 Å². The monoisotopic (exact) mass is 480 g/mol. The van der Waals surface area contributed by atoms with Gasteiger partial charge in [-0.2, -0.15) is 0 Å². The van der Waals surface area contributed by atoms with E-state index >= 15 is 0 Å². The summed E-state index contributed by atoms with van der Waals surface area (Å²) in [7, 11) is 0. The number of ether oxygens (including phenoxy) is 3. The summed E-state index contributed by atoms with van der Waals surface area (Å²) in [5, 5.41) is 2.63. The number of Topliss-reactive ketones (excluding diaryl/α,β-unsaturated/α-hetero) is 1. The molecule has 4 rings (SSSR count). The first-order valence-corrected chi connectivity index (χ1v) is 11.6. The average Bonchev–Trinajstić information content (AvgIpc) is 2.85. The second-order valence-corrected chi connectivity index (χ2v) is 8.79. The van der Waals surface area contributed by atoms with Crippen molar-refractivity contribution in [2.45, 2.75) is 45.2 Å². The number of piperidine rings is 1. The number of amides is 2. The number of hydrogen-bond acceptors (Lipinski definition) is 7. The Balaban J connectivity index is 1.27. The van der Waals surface area contributed by atoms with Crippen LogP contribution in [-0.2, 0) is 14.3 Å². The lowest BCUT2D eigenvalue weighted by atomic mass is 9.97. The predicted molar refractivity (Wildman–Crippen MR) is 127 cm³/mol. The Morgan fingerprint density at radius 3 is 2.40 bits per heavy atom. The zero-order valence-corrected chi connectivity index (χ0v) is 19.7. The Morgan fingerprint density at radius 2 is 1.69 bits per heavy atom. The van der Waals surface area contributed by atoms with E-state index in [1.54, 1.807) is 24.3 Å². The number of benzene rings is 2. The number of likely N-dealkylation sites (tertiary alicyclic amines) is 1. The first-order valence-electron chi connectivity index (χ1n) is 11.6. The second kappa shape index (κ2) is 10.6. The summed E-state index contributed by atoms with van der Waals surface area (Å²) in [4.78, 5) is 50.7. The van der Waals surface area contributed by atoms with E-state index in [0.717, 1.165) is 19.3 Å². The summed E-state index contributed by atoms with van der Waals surface area (Å²) in [6, 6.07) is 11.2. The fourth-order valence-electron chi connectivity index (χ4n) is 4.37. The van der Waals surface area contributed by atoms with Gasteiger partial charge in [-0.15, -0.1) is 0 Å². The standard InChI is InChI=1S/C26H28N2O7/c1-16-4-3-5-17(2)28(16)25(31)15-33-20-9-6-18(7-10-20)26(32)35-13-22(29)19-8-11-23-21(12-19)27-24(30)14-34-23/h6-12,16-17H,3-5,13-15H2,1-2H3,(H,27,30)/t16-,17+. The van der Waals surface area contributed by atoms with Gasteiger partial charge in [-0.3, -0.25) is 14.4 Å². The topological polar surface area (TPSA) is 111 Å². The molecule has 2 aliphatic heterocycles. The molecule has 2 aromatic carbocycles. The van der Waals surface area contributed by atoms with Crippen molar-refractivity contribution in [1.82, 2.24) is 4.90 Å². The maximum Gasteiger partial charge on any atom is 0.338 e. The van der Waals surface area contributed by atoms with Crippen molar-refractivity contribution in [2.24, 2.45) is 0 Å². The summed E-state index contributed by atoms with van der Waals surface area (Å²) >= 11 is 0. The van der Waals surface area contributed by atoms with Crippen LogP contribution < -0.4 is 14.8 Å². The smallest absolute Gasteiger partial charge is 0.338 e. The lowest BCUT2D eigenvalue weighted by molar-refractivity contribution is -0.139. The van der Waals surface area contributed by atoms with Gasteiger partial charge in [0.15, 0.2) is 25.6 Å². The quantitative estimate of drug-likeness (QED) is 0.478. The number of hydrogen-bond donors (Lipinski definition) is 1. The van der Waals surface area contributed by atoms with Crippen molar-refractivity contribution in [1.29, 1.82) is 0 Å². The van der Waals surface area contributed by atoms with Gasteiger partial charge in [0.2, 0.25) is 0 Å². The molecular weight excluding hydrogens is 452 g/mol. The van der Waals surface area contributed by atoms with E-state index in [1.165, 1.54) is 18.2 Å². The summed E-state index contributed by atoms with van der Waals surface area (Å²) in [5.41, 5.74) is 0.936. The molecule has 1 N–H and O–H groups in total. The van der Waals surface area contributed by atoms with Crippen LogP contribution in [0.4, 0.5) is 5.69 Å². The lowest BCUT2D eigenvalue weighted by Gasteiger charge is -2.38. The molecule has 0 radical (unpaired) electrons. The number of esters is 1. The third-order valence-electron chi connectivity index (χ3n) is 6.20. The second-order valence-electron chi connectivity index (χ2n) is 8.79. The molecule has 184 valence electrons. The third kappa shape index (κ3) is 5.79. The Kier molecular flexibility index (Phi) is 7.33. The van der Waals surface area contributed by atoms with Gasteiger partial charge in [-0.25, -0.2) is 4.79 Å². The highest BCUT2D eigenvalue weighted by molar-refractivity contribution is 6.02. The SMILES string of the molecule is C[C@@H]1CCC[C@H](C)N1C(=O)COc1ccc(C(=O)OCC(=O)c2ccc3c(c2)NC(=O)CO3)cc1. The zero-order chi connectivity index (χ0) is 24.9. The molecule has 0 unspecified atom stereocenters. The van der Waals surface area contributed by atoms with Crippen LogP contribution in [0.1, 0.15) is 53.8 Å². The zero-order valence-electron chi connectivity index (χ0n) is 19.7. The Labute approximate surface area is 203 Å². The maximum atomic E-state index is 12.6. The highest BCUT2D eigenvalue weighted by Gasteiger charge is 2.29. The molecule has 0 saturated carbocycles. The molecule has 1 fully saturated rings. The maximum absolute atomic E-state index is 12.6. The van der Waals surface area contributed by atoms with Gasteiger partial charge in [0, 0.05) is 17.6 Å². The number of nitrogens with one attached hydrogen (secondary N) is 1. The number of fused-ring (bicyclic) bond motifs is 1. The minimum absolute atomic E-state index is 0.0556. The number of carbonyl (C=O) groups is 4. The molecule has 0 aromatic heterocycles. The highest BCUT2D eigenvalue weighted by atomic mass is 16.5. The molecule has 2 atom stereocenters. The number of carbonyl (C=O) groups excluding carboxylic acids is 4. The largest absolute Gasteiger partial charge is 0.484 e. The number of nitrogens with zero attached hydrogens (tertiary/aromatic N) is 1. The van der Waals surface area contributed by atoms with Crippen LogP contribution in [0.5, 0.6) is 11.5 Å². The minimum atomic E-state index is -0.661. The van der Waals surface area contributed by atoms with Crippen LogP contribution in [0.2, 0.25) is 0 Å². The van der Waals surface area contributed by atoms with Crippen LogP contribution in [0, 0.1) is 0 Å². The van der Waals surface area contributed by atoms with Crippen molar-refractivity contribution in [2.75, 3.05) is 25.1 Å². The highest BCUT2D eigenvalue weighted by Crippen LogP contribution is 2.28. The van der Waals surface area contributed by atoms with Crippen LogP contribution in [0.25, 0.3) is 0 Å². The molecule has 2 heterocycles. The molecule has 2 aliphatic rings. The van der Waals surface area contributed by atoms with Crippen LogP contribution in [-0.4, -0.2) is 60.4 Å². The van der Waals surface area contributed by atoms with Gasteiger partial charge in [0.05, 0.1) is 11.3 Å². The molecule has 2 aromatic rings. The van der Waals surface area contributed by atoms with Gasteiger partial charge in [0.1, 0.15) is 11.5 Å². The normalized spacial score (nSPS) is 19.1. The first kappa shape index (κ1) is 24.3. The van der Waals surface area contributed by atoms with Crippen molar-refractivity contribution in [3.05, 3.63) is 53.6 Å². The summed E-state index contributed by atoms with van der Waals surface area (Å²) < 4.78 is 16.0. The first-order chi connectivity index (χ1) is 16.8. The number of rotatable bonds is 7. The molecule has 9 heteroatoms. The van der Waals surface area contributed by atoms with Gasteiger partial charge >= 0.3 is 5.97 Å². The molecule has 0 spiro atoms. The van der Waals surface area contributed by atoms with Gasteiger partial charge in [-0.05, 0) is 75.6 Å². The van der Waals surface area contributed by atoms with E-state index < -0.39 is 18.4 Å². The fraction of sp³-hybridized carbons (Fsp3) is 0.385. The van der Waals surface area contributed by atoms with E-state index in [0.29, 0.717) is 17.2 Å². The van der Waals surface area contributed by atoms with Crippen LogP contribution in [0.3, 0.4) is 0 Å². The minimum Gasteiger partial charge on any atom is -0.484 e. The van der Waals surface area contributed by atoms with Crippen molar-refractivity contribution in [3.8, 4) is 11.5 Å². The Bertz CT molecular complexity index is 1120. The third-order valence-corrected chi connectivity index (χ3v) is 6.20. The van der Waals surface area contributed by atoms with Gasteiger partial charge in [-0.1, -0.05) is 0 Å². The fourth-order valence-corrected chi connectivity index (χ4v) is 4.37. The van der Waals surface area contributed by atoms with E-state index in [2.05, 4.69) is 19.2 Å². The number of ketones is 1. The van der Waals surface area contributed by atoms with E-state index in [1.807, 2.05) is 4.90 Å². The molecule has 0 aliphatic carbocycles. The molecule has 35 heavy (non-hydrogen) atoms. The molecule has 9 nitrogen and oxygen atoms in total. The van der Waals surface area contributed by atoms with Gasteiger partial charge in [0.25, 0.3) is 11.8 Å². The molecule has 1 saturated heterocycles. The lowest BCUT2D eigenvalue weighted by Crippen LogP contribution is -2.49. The van der Waals surface area contributed by atoms with Crippen LogP contribution >= 0.6 is 0 Å². The average molecular weight is 481 g/mol.